The topological polar surface area (TPSA) is 111 Å². The van der Waals surface area contributed by atoms with E-state index in [4.69, 9.17) is 32.3 Å². The Hall–Kier alpha value is -1.29. The highest BCUT2D eigenvalue weighted by atomic mass is 35.5. The number of ether oxygens (including phenoxy) is 1. The van der Waals surface area contributed by atoms with Crippen molar-refractivity contribution in [3.63, 3.8) is 0 Å². The van der Waals surface area contributed by atoms with Gasteiger partial charge in [-0.2, -0.15) is 4.98 Å². The summed E-state index contributed by atoms with van der Waals surface area (Å²) in [5, 5.41) is 18.1. The zero-order valence-electron chi connectivity index (χ0n) is 10.2. The van der Waals surface area contributed by atoms with Crippen LogP contribution in [0.2, 0.25) is 0 Å². The number of anilines is 1. The maximum atomic E-state index is 13.1. The van der Waals surface area contributed by atoms with E-state index in [2.05, 4.69) is 4.98 Å². The molecule has 4 N–H and O–H groups in total. The maximum Gasteiger partial charge on any atom is 0.351 e. The van der Waals surface area contributed by atoms with Crippen molar-refractivity contribution in [2.24, 2.45) is 0 Å². The quantitative estimate of drug-likeness (QED) is 0.589. The van der Waals surface area contributed by atoms with Crippen LogP contribution >= 0.6 is 11.6 Å². The number of hydrogen-bond donors (Lipinski definition) is 3. The lowest BCUT2D eigenvalue weighted by Crippen LogP contribution is -2.50. The van der Waals surface area contributed by atoms with Crippen molar-refractivity contribution < 1.29 is 23.7 Å². The summed E-state index contributed by atoms with van der Waals surface area (Å²) >= 11 is 5.44. The Labute approximate surface area is 117 Å². The largest absolute Gasteiger partial charge is 0.393 e. The van der Waals surface area contributed by atoms with Crippen molar-refractivity contribution in [1.29, 1.82) is 0 Å². The number of aliphatic hydroxyl groups excluding tert-OH is 2. The monoisotopic (exact) mass is 313 g/mol. The molecule has 7 nitrogen and oxygen atoms in total. The van der Waals surface area contributed by atoms with Crippen molar-refractivity contribution in [2.45, 2.75) is 18.2 Å². The Kier molecular flexibility index (Phi) is 5.81. The second-order valence-electron chi connectivity index (χ2n) is 3.96. The third-order valence-corrected chi connectivity index (χ3v) is 3.04. The van der Waals surface area contributed by atoms with Gasteiger partial charge in [-0.05, 0) is 6.07 Å². The highest BCUT2D eigenvalue weighted by Gasteiger charge is 2.41. The van der Waals surface area contributed by atoms with E-state index in [0.29, 0.717) is 4.57 Å². The van der Waals surface area contributed by atoms with Gasteiger partial charge in [-0.3, -0.25) is 4.57 Å². The highest BCUT2D eigenvalue weighted by Crippen LogP contribution is 2.25. The van der Waals surface area contributed by atoms with Gasteiger partial charge in [0.1, 0.15) is 12.5 Å². The van der Waals surface area contributed by atoms with Gasteiger partial charge in [0.15, 0.2) is 11.8 Å². The number of nitrogens with two attached hydrogens (primary N) is 1. The van der Waals surface area contributed by atoms with Crippen LogP contribution in [0.3, 0.4) is 0 Å². The van der Waals surface area contributed by atoms with E-state index in [9.17, 15) is 13.6 Å². The molecule has 114 valence electrons. The van der Waals surface area contributed by atoms with Crippen LogP contribution in [0.4, 0.5) is 14.6 Å². The van der Waals surface area contributed by atoms with Crippen molar-refractivity contribution in [3.8, 4) is 0 Å². The molecule has 1 aromatic rings. The van der Waals surface area contributed by atoms with Gasteiger partial charge in [0.25, 0.3) is 0 Å². The summed E-state index contributed by atoms with van der Waals surface area (Å²) in [7, 11) is 0. The number of nitrogens with zero attached hydrogens (tertiary/aromatic N) is 2. The van der Waals surface area contributed by atoms with E-state index in [-0.39, 0.29) is 5.82 Å². The number of halogens is 3. The summed E-state index contributed by atoms with van der Waals surface area (Å²) in [6.45, 7) is -2.25. The number of aliphatic hydroxyl groups is 2. The lowest BCUT2D eigenvalue weighted by atomic mass is 10.1. The van der Waals surface area contributed by atoms with Crippen LogP contribution in [0.5, 0.6) is 0 Å². The predicted octanol–water partition coefficient (Wildman–Crippen LogP) is -0.432. The zero-order chi connectivity index (χ0) is 15.3. The third-order valence-electron chi connectivity index (χ3n) is 2.59. The summed E-state index contributed by atoms with van der Waals surface area (Å²) in [5.74, 6) is -0.741. The molecule has 20 heavy (non-hydrogen) atoms. The minimum absolute atomic E-state index is 0.0832. The molecule has 0 saturated heterocycles. The summed E-state index contributed by atoms with van der Waals surface area (Å²) in [6.07, 6.45) is -3.20. The fourth-order valence-corrected chi connectivity index (χ4v) is 1.66. The zero-order valence-corrected chi connectivity index (χ0v) is 11.0. The van der Waals surface area contributed by atoms with Crippen LogP contribution in [-0.2, 0) is 4.74 Å². The van der Waals surface area contributed by atoms with E-state index in [1.165, 1.54) is 6.07 Å². The van der Waals surface area contributed by atoms with E-state index in [0.717, 1.165) is 6.20 Å². The molecule has 0 aliphatic heterocycles. The van der Waals surface area contributed by atoms with Crippen molar-refractivity contribution in [1.82, 2.24) is 9.55 Å². The molecule has 0 unspecified atom stereocenters. The summed E-state index contributed by atoms with van der Waals surface area (Å²) in [6, 6.07) is 1.21. The lowest BCUT2D eigenvalue weighted by Gasteiger charge is -2.33. The van der Waals surface area contributed by atoms with Gasteiger partial charge in [0.05, 0.1) is 12.5 Å². The normalized spacial score (nSPS) is 17.4. The van der Waals surface area contributed by atoms with Gasteiger partial charge in [0.2, 0.25) is 6.36 Å². The molecular weight excluding hydrogens is 300 g/mol. The number of rotatable bonds is 7. The van der Waals surface area contributed by atoms with Gasteiger partial charge < -0.3 is 20.7 Å². The first-order chi connectivity index (χ1) is 9.40. The summed E-state index contributed by atoms with van der Waals surface area (Å²) < 4.78 is 31.8. The SMILES string of the molecule is Nc1ccn([C@@H](CF)O[C@@](CO)(CCl)[C@@H](O)F)c(=O)n1. The standard InChI is InChI=1S/C10H14ClF2N3O4/c11-4-10(5-17,8(13)18)20-7(3-12)16-2-1-6(14)15-9(16)19/h1-2,7-8,17-18H,3-5H2,(H2,14,15,19)/t7-,8-,10-/m1/s1. The van der Waals surface area contributed by atoms with Crippen LogP contribution in [-0.4, -0.2) is 50.9 Å². The number of aromatic nitrogens is 2. The molecule has 10 heteroatoms. The fraction of sp³-hybridized carbons (Fsp3) is 0.600. The first kappa shape index (κ1) is 16.8. The maximum absolute atomic E-state index is 13.1. The lowest BCUT2D eigenvalue weighted by molar-refractivity contribution is -0.222. The number of hydrogen-bond acceptors (Lipinski definition) is 6. The molecule has 1 heterocycles. The Morgan fingerprint density at radius 2 is 2.30 bits per heavy atom. The van der Waals surface area contributed by atoms with Gasteiger partial charge in [-0.1, -0.05) is 0 Å². The molecule has 0 amide bonds. The molecular formula is C10H14ClF2N3O4. The Morgan fingerprint density at radius 3 is 2.70 bits per heavy atom. The third kappa shape index (κ3) is 3.42. The van der Waals surface area contributed by atoms with Crippen molar-refractivity contribution >= 4 is 17.4 Å². The molecule has 0 aliphatic rings. The Bertz CT molecular complexity index is 496. The van der Waals surface area contributed by atoms with Crippen LogP contribution in [0.25, 0.3) is 0 Å². The molecule has 0 fully saturated rings. The molecule has 0 aromatic carbocycles. The number of alkyl halides is 3. The second-order valence-corrected chi connectivity index (χ2v) is 4.23. The van der Waals surface area contributed by atoms with E-state index in [1.54, 1.807) is 0 Å². The minimum atomic E-state index is -2.67. The van der Waals surface area contributed by atoms with Gasteiger partial charge in [-0.15, -0.1) is 11.6 Å². The molecule has 0 saturated carbocycles. The van der Waals surface area contributed by atoms with E-state index < -0.39 is 43.0 Å². The van der Waals surface area contributed by atoms with E-state index in [1.807, 2.05) is 0 Å². The van der Waals surface area contributed by atoms with Gasteiger partial charge >= 0.3 is 5.69 Å². The Balaban J connectivity index is 3.10. The minimum Gasteiger partial charge on any atom is -0.393 e. The average molecular weight is 314 g/mol. The first-order valence-electron chi connectivity index (χ1n) is 5.47. The summed E-state index contributed by atoms with van der Waals surface area (Å²) in [5.41, 5.74) is 2.10. The first-order valence-corrected chi connectivity index (χ1v) is 6.01. The van der Waals surface area contributed by atoms with Crippen LogP contribution in [0, 0.1) is 0 Å². The highest BCUT2D eigenvalue weighted by molar-refractivity contribution is 6.18. The summed E-state index contributed by atoms with van der Waals surface area (Å²) in [4.78, 5) is 14.9. The molecule has 1 rings (SSSR count). The van der Waals surface area contributed by atoms with Crippen molar-refractivity contribution in [3.05, 3.63) is 22.7 Å². The fourth-order valence-electron chi connectivity index (χ4n) is 1.38. The van der Waals surface area contributed by atoms with Crippen molar-refractivity contribution in [2.75, 3.05) is 24.9 Å². The molecule has 0 radical (unpaired) electrons. The van der Waals surface area contributed by atoms with Gasteiger partial charge in [-0.25, -0.2) is 13.6 Å². The van der Waals surface area contributed by atoms with Crippen LogP contribution in [0.1, 0.15) is 6.23 Å². The number of nitrogen functional groups attached to an aromatic ring is 1. The second kappa shape index (κ2) is 6.93. The average Bonchev–Trinajstić information content (AvgIpc) is 2.41. The molecule has 0 spiro atoms. The van der Waals surface area contributed by atoms with Gasteiger partial charge in [0, 0.05) is 6.20 Å². The molecule has 3 atom stereocenters. The predicted molar refractivity (Wildman–Crippen MR) is 66.7 cm³/mol. The van der Waals surface area contributed by atoms with E-state index >= 15 is 0 Å². The smallest absolute Gasteiger partial charge is 0.351 e. The molecule has 0 aliphatic carbocycles. The Morgan fingerprint density at radius 1 is 1.65 bits per heavy atom. The molecule has 1 aromatic heterocycles. The molecule has 0 bridgehead atoms. The van der Waals surface area contributed by atoms with Crippen LogP contribution in [0.15, 0.2) is 17.1 Å². The van der Waals surface area contributed by atoms with Crippen LogP contribution < -0.4 is 11.4 Å².